The van der Waals surface area contributed by atoms with E-state index in [0.717, 1.165) is 18.4 Å². The molecule has 1 heterocycles. The van der Waals surface area contributed by atoms with Crippen LogP contribution in [0.25, 0.3) is 0 Å². The first kappa shape index (κ1) is 10.5. The summed E-state index contributed by atoms with van der Waals surface area (Å²) in [4.78, 5) is 13.8. The Labute approximate surface area is 90.1 Å². The highest BCUT2D eigenvalue weighted by atomic mass is 16.3. The van der Waals surface area contributed by atoms with Crippen LogP contribution in [0, 0.1) is 5.92 Å². The Balaban J connectivity index is 2.42. The van der Waals surface area contributed by atoms with E-state index in [-0.39, 0.29) is 23.9 Å². The third-order valence-corrected chi connectivity index (χ3v) is 3.47. The first-order chi connectivity index (χ1) is 7.07. The van der Waals surface area contributed by atoms with Gasteiger partial charge >= 0.3 is 0 Å². The van der Waals surface area contributed by atoms with Gasteiger partial charge in [0.2, 0.25) is 5.91 Å². The van der Waals surface area contributed by atoms with E-state index in [1.165, 1.54) is 0 Å². The lowest BCUT2D eigenvalue weighted by Crippen LogP contribution is -2.43. The lowest BCUT2D eigenvalue weighted by Gasteiger charge is -2.31. The van der Waals surface area contributed by atoms with E-state index >= 15 is 0 Å². The number of aliphatic hydroxyl groups excluding tert-OH is 1. The molecular weight excluding hydrogens is 190 g/mol. The molecule has 1 N–H and O–H groups in total. The molecule has 3 atom stereocenters. The zero-order valence-corrected chi connectivity index (χ0v) is 9.23. The maximum absolute atomic E-state index is 12.0. The van der Waals surface area contributed by atoms with Gasteiger partial charge in [-0.05, 0) is 32.3 Å². The van der Waals surface area contributed by atoms with E-state index in [1.54, 1.807) is 4.90 Å². The summed E-state index contributed by atoms with van der Waals surface area (Å²) < 4.78 is 0. The number of amides is 1. The average molecular weight is 207 g/mol. The summed E-state index contributed by atoms with van der Waals surface area (Å²) in [5.74, 6) is -0.109. The smallest absolute Gasteiger partial charge is 0.229 e. The Hall–Kier alpha value is -1.05. The third-order valence-electron chi connectivity index (χ3n) is 3.47. The molecule has 15 heavy (non-hydrogen) atoms. The topological polar surface area (TPSA) is 40.5 Å². The van der Waals surface area contributed by atoms with Gasteiger partial charge in [-0.2, -0.15) is 0 Å². The Bertz CT molecular complexity index is 342. The van der Waals surface area contributed by atoms with Gasteiger partial charge in [0, 0.05) is 6.04 Å². The molecule has 1 unspecified atom stereocenters. The van der Waals surface area contributed by atoms with Crippen LogP contribution in [0.3, 0.4) is 0 Å². The summed E-state index contributed by atoms with van der Waals surface area (Å²) in [6, 6.07) is -0.0441. The summed E-state index contributed by atoms with van der Waals surface area (Å²) >= 11 is 0. The molecule has 2 rings (SSSR count). The van der Waals surface area contributed by atoms with Crippen molar-refractivity contribution in [2.45, 2.75) is 44.9 Å². The van der Waals surface area contributed by atoms with Gasteiger partial charge in [0.25, 0.3) is 0 Å². The quantitative estimate of drug-likeness (QED) is 0.654. The van der Waals surface area contributed by atoms with Crippen LogP contribution in [0.15, 0.2) is 17.9 Å². The minimum atomic E-state index is -0.558. The second-order valence-corrected chi connectivity index (χ2v) is 4.62. The number of carbonyl (C=O) groups is 1. The molecule has 1 saturated heterocycles. The van der Waals surface area contributed by atoms with Crippen molar-refractivity contribution in [1.82, 2.24) is 4.90 Å². The van der Waals surface area contributed by atoms with Crippen LogP contribution in [0.2, 0.25) is 0 Å². The summed E-state index contributed by atoms with van der Waals surface area (Å²) in [6.45, 7) is 7.60. The number of hydrogen-bond donors (Lipinski definition) is 1. The van der Waals surface area contributed by atoms with Crippen LogP contribution in [-0.2, 0) is 4.79 Å². The van der Waals surface area contributed by atoms with Crippen molar-refractivity contribution in [3.63, 3.8) is 0 Å². The van der Waals surface area contributed by atoms with Crippen molar-refractivity contribution in [3.05, 3.63) is 17.9 Å². The van der Waals surface area contributed by atoms with Crippen LogP contribution in [0.1, 0.15) is 26.7 Å². The van der Waals surface area contributed by atoms with Crippen molar-refractivity contribution in [2.24, 2.45) is 5.92 Å². The molecule has 0 spiro atoms. The Morgan fingerprint density at radius 1 is 1.60 bits per heavy atom. The summed E-state index contributed by atoms with van der Waals surface area (Å²) in [7, 11) is 0. The van der Waals surface area contributed by atoms with Crippen LogP contribution in [0.5, 0.6) is 0 Å². The number of aliphatic hydroxyl groups is 1. The van der Waals surface area contributed by atoms with Gasteiger partial charge in [-0.3, -0.25) is 4.79 Å². The van der Waals surface area contributed by atoms with Crippen molar-refractivity contribution < 1.29 is 9.90 Å². The highest BCUT2D eigenvalue weighted by Gasteiger charge is 2.52. The molecule has 0 aromatic rings. The number of carbonyl (C=O) groups excluding carboxylic acids is 1. The minimum absolute atomic E-state index is 0.0905. The molecule has 1 aliphatic heterocycles. The molecule has 0 aromatic carbocycles. The zero-order valence-electron chi connectivity index (χ0n) is 9.23. The number of likely N-dealkylation sites (tertiary alicyclic amines) is 1. The van der Waals surface area contributed by atoms with E-state index in [0.29, 0.717) is 0 Å². The normalized spacial score (nSPS) is 34.9. The summed E-state index contributed by atoms with van der Waals surface area (Å²) in [5, 5.41) is 10.0. The van der Waals surface area contributed by atoms with Crippen LogP contribution >= 0.6 is 0 Å². The Morgan fingerprint density at radius 2 is 2.27 bits per heavy atom. The van der Waals surface area contributed by atoms with Gasteiger partial charge in [0.1, 0.15) is 0 Å². The Kier molecular flexibility index (Phi) is 2.45. The van der Waals surface area contributed by atoms with Crippen LogP contribution in [-0.4, -0.2) is 34.1 Å². The average Bonchev–Trinajstić information content (AvgIpc) is 2.36. The summed E-state index contributed by atoms with van der Waals surface area (Å²) in [5.41, 5.74) is 3.86. The number of hydrogen-bond acceptors (Lipinski definition) is 2. The van der Waals surface area contributed by atoms with E-state index in [1.807, 2.05) is 13.8 Å². The Morgan fingerprint density at radius 3 is 2.80 bits per heavy atom. The number of fused-ring (bicyclic) bond motifs is 2. The molecular formula is C12H17NO2. The van der Waals surface area contributed by atoms with Crippen LogP contribution in [0.4, 0.5) is 0 Å². The fourth-order valence-electron chi connectivity index (χ4n) is 2.76. The largest absolute Gasteiger partial charge is 0.390 e. The fraction of sp³-hybridized carbons (Fsp3) is 0.667. The highest BCUT2D eigenvalue weighted by molar-refractivity contribution is 5.84. The van der Waals surface area contributed by atoms with Crippen molar-refractivity contribution >= 4 is 5.91 Å². The maximum Gasteiger partial charge on any atom is 0.229 e. The second-order valence-electron chi connectivity index (χ2n) is 4.62. The molecule has 3 nitrogen and oxygen atoms in total. The van der Waals surface area contributed by atoms with Gasteiger partial charge in [-0.25, -0.2) is 0 Å². The minimum Gasteiger partial charge on any atom is -0.390 e. The maximum atomic E-state index is 12.0. The molecule has 0 radical (unpaired) electrons. The first-order valence-electron chi connectivity index (χ1n) is 5.47. The first-order valence-corrected chi connectivity index (χ1v) is 5.47. The highest BCUT2D eigenvalue weighted by Crippen LogP contribution is 2.40. The van der Waals surface area contributed by atoms with Crippen molar-refractivity contribution in [2.75, 3.05) is 0 Å². The molecule has 1 amide bonds. The molecule has 3 heteroatoms. The van der Waals surface area contributed by atoms with Gasteiger partial charge < -0.3 is 10.0 Å². The van der Waals surface area contributed by atoms with Gasteiger partial charge in [0.15, 0.2) is 0 Å². The van der Waals surface area contributed by atoms with Crippen molar-refractivity contribution in [3.8, 4) is 0 Å². The summed E-state index contributed by atoms with van der Waals surface area (Å²) in [6.07, 6.45) is 1.01. The fourth-order valence-corrected chi connectivity index (χ4v) is 2.76. The van der Waals surface area contributed by atoms with E-state index in [9.17, 15) is 9.90 Å². The zero-order chi connectivity index (χ0) is 11.2. The number of nitrogens with zero attached hydrogens (tertiary/aromatic N) is 1. The van der Waals surface area contributed by atoms with Gasteiger partial charge in [0.05, 0.1) is 18.1 Å². The van der Waals surface area contributed by atoms with Crippen molar-refractivity contribution in [1.29, 1.82) is 0 Å². The van der Waals surface area contributed by atoms with E-state index < -0.39 is 6.10 Å². The molecule has 2 bridgehead atoms. The number of rotatable bonds is 1. The van der Waals surface area contributed by atoms with Crippen LogP contribution < -0.4 is 0 Å². The van der Waals surface area contributed by atoms with E-state index in [2.05, 4.69) is 12.3 Å². The SMILES string of the molecule is C=C=C1CC[C@@H]2C(=O)N(C(C)C)[C@H]1C2O. The molecule has 0 aromatic heterocycles. The third kappa shape index (κ3) is 1.35. The molecule has 82 valence electrons. The predicted octanol–water partition coefficient (Wildman–Crippen LogP) is 1.09. The lowest BCUT2D eigenvalue weighted by molar-refractivity contribution is -0.133. The molecule has 1 saturated carbocycles. The van der Waals surface area contributed by atoms with E-state index in [4.69, 9.17) is 0 Å². The second kappa shape index (κ2) is 3.51. The predicted molar refractivity (Wildman–Crippen MR) is 57.2 cm³/mol. The van der Waals surface area contributed by atoms with Gasteiger partial charge in [-0.15, -0.1) is 5.73 Å². The molecule has 2 fully saturated rings. The molecule has 2 aliphatic rings. The standard InChI is InChI=1S/C12H17NO2/c1-4-8-5-6-9-11(14)10(8)13(7(2)3)12(9)15/h7,9-11,14H,1,5-6H2,2-3H3/t9-,10+,11?/m0/s1. The van der Waals surface area contributed by atoms with Gasteiger partial charge in [-0.1, -0.05) is 6.58 Å². The monoisotopic (exact) mass is 207 g/mol. The molecule has 1 aliphatic carbocycles. The lowest BCUT2D eigenvalue weighted by atomic mass is 9.84.